The lowest BCUT2D eigenvalue weighted by atomic mass is 10.9. The van der Waals surface area contributed by atoms with Crippen LogP contribution in [0, 0.1) is 0 Å². The standard InChI is InChI=1S/C2H5ClO3Si/c3-1-2-6-7(4)5/h4H,1-2H2. The summed E-state index contributed by atoms with van der Waals surface area (Å²) >= 11 is 5.09. The number of hydrogen-bond donors (Lipinski definition) is 1. The van der Waals surface area contributed by atoms with Crippen LogP contribution in [-0.2, 0) is 8.89 Å². The highest BCUT2D eigenvalue weighted by Gasteiger charge is 1.99. The molecule has 0 radical (unpaired) electrons. The van der Waals surface area contributed by atoms with Gasteiger partial charge in [0.05, 0.1) is 12.5 Å². The van der Waals surface area contributed by atoms with Crippen molar-refractivity contribution in [1.29, 1.82) is 0 Å². The molecular formula is C2H5ClO3Si. The second-order valence-corrected chi connectivity index (χ2v) is 2.00. The largest absolute Gasteiger partial charge is 0.764 e. The molecule has 0 heterocycles. The third kappa shape index (κ3) is 5.91. The first-order valence-electron chi connectivity index (χ1n) is 1.69. The molecule has 0 aliphatic heterocycles. The van der Waals surface area contributed by atoms with E-state index in [1.807, 2.05) is 0 Å². The van der Waals surface area contributed by atoms with Gasteiger partial charge in [-0.1, -0.05) is 0 Å². The lowest BCUT2D eigenvalue weighted by molar-refractivity contribution is 0.238. The summed E-state index contributed by atoms with van der Waals surface area (Å²) in [6, 6.07) is 0. The third-order valence-corrected chi connectivity index (χ3v) is 0.908. The number of alkyl halides is 1. The highest BCUT2D eigenvalue weighted by Crippen LogP contribution is 1.74. The van der Waals surface area contributed by atoms with Gasteiger partial charge in [-0.25, -0.2) is 0 Å². The average molecular weight is 141 g/mol. The quantitative estimate of drug-likeness (QED) is 0.431. The summed E-state index contributed by atoms with van der Waals surface area (Å²) in [4.78, 5) is 7.95. The van der Waals surface area contributed by atoms with Gasteiger partial charge in [-0.15, -0.1) is 11.6 Å². The smallest absolute Gasteiger partial charge is 0.511 e. The van der Waals surface area contributed by atoms with Crippen LogP contribution in [-0.4, -0.2) is 26.5 Å². The van der Waals surface area contributed by atoms with Crippen molar-refractivity contribution in [2.45, 2.75) is 0 Å². The minimum absolute atomic E-state index is 0.149. The molecule has 0 aliphatic carbocycles. The summed E-state index contributed by atoms with van der Waals surface area (Å²) in [5, 5.41) is 0. The Morgan fingerprint density at radius 2 is 2.43 bits per heavy atom. The van der Waals surface area contributed by atoms with Gasteiger partial charge in [0.15, 0.2) is 0 Å². The minimum atomic E-state index is -2.73. The number of hydrogen-bond acceptors (Lipinski definition) is 2. The SMILES string of the molecule is O=[Si](O)OCCCl. The van der Waals surface area contributed by atoms with Crippen LogP contribution in [0.5, 0.6) is 0 Å². The average Bonchev–Trinajstić information content (AvgIpc) is 1.61. The Morgan fingerprint density at radius 3 is 2.57 bits per heavy atom. The fourth-order valence-electron chi connectivity index (χ4n) is 0.126. The van der Waals surface area contributed by atoms with Gasteiger partial charge in [0.25, 0.3) is 0 Å². The van der Waals surface area contributed by atoms with E-state index in [0.29, 0.717) is 0 Å². The van der Waals surface area contributed by atoms with Crippen LogP contribution in [0.4, 0.5) is 0 Å². The summed E-state index contributed by atoms with van der Waals surface area (Å²) in [6.07, 6.45) is 0. The fraction of sp³-hybridized carbons (Fsp3) is 1.00. The zero-order valence-corrected chi connectivity index (χ0v) is 5.31. The minimum Gasteiger partial charge on any atom is -0.511 e. The monoisotopic (exact) mass is 140 g/mol. The van der Waals surface area contributed by atoms with Crippen LogP contribution in [0.15, 0.2) is 0 Å². The van der Waals surface area contributed by atoms with E-state index in [9.17, 15) is 4.46 Å². The maximum absolute atomic E-state index is 9.66. The van der Waals surface area contributed by atoms with Gasteiger partial charge < -0.3 is 9.22 Å². The van der Waals surface area contributed by atoms with Crippen molar-refractivity contribution in [1.82, 2.24) is 0 Å². The third-order valence-electron chi connectivity index (χ3n) is 0.303. The molecule has 0 fully saturated rings. The molecule has 0 bridgehead atoms. The molecule has 0 rings (SSSR count). The van der Waals surface area contributed by atoms with Crippen molar-refractivity contribution < 1.29 is 13.7 Å². The predicted octanol–water partition coefficient (Wildman–Crippen LogP) is -0.351. The molecule has 0 saturated carbocycles. The van der Waals surface area contributed by atoms with Crippen LogP contribution >= 0.6 is 11.6 Å². The number of rotatable bonds is 3. The molecule has 0 aromatic carbocycles. The molecule has 0 aromatic heterocycles. The molecule has 0 amide bonds. The van der Waals surface area contributed by atoms with Crippen molar-refractivity contribution in [3.8, 4) is 0 Å². The Bertz CT molecular complexity index is 66.0. The summed E-state index contributed by atoms with van der Waals surface area (Å²) < 4.78 is 13.8. The topological polar surface area (TPSA) is 46.5 Å². The summed E-state index contributed by atoms with van der Waals surface area (Å²) in [7, 11) is -2.73. The molecule has 0 aliphatic rings. The van der Waals surface area contributed by atoms with Crippen LogP contribution in [0.1, 0.15) is 0 Å². The van der Waals surface area contributed by atoms with Crippen molar-refractivity contribution in [2.75, 3.05) is 12.5 Å². The lowest BCUT2D eigenvalue weighted by Gasteiger charge is -1.90. The first-order chi connectivity index (χ1) is 3.27. The van der Waals surface area contributed by atoms with Crippen molar-refractivity contribution in [3.05, 3.63) is 0 Å². The molecule has 0 spiro atoms. The van der Waals surface area contributed by atoms with E-state index in [2.05, 4.69) is 4.43 Å². The lowest BCUT2D eigenvalue weighted by Crippen LogP contribution is -2.06. The molecule has 0 atom stereocenters. The van der Waals surface area contributed by atoms with E-state index in [-0.39, 0.29) is 12.5 Å². The van der Waals surface area contributed by atoms with E-state index >= 15 is 0 Å². The van der Waals surface area contributed by atoms with E-state index in [4.69, 9.17) is 16.4 Å². The molecule has 3 nitrogen and oxygen atoms in total. The van der Waals surface area contributed by atoms with Gasteiger partial charge in [-0.05, 0) is 0 Å². The van der Waals surface area contributed by atoms with Gasteiger partial charge in [0.1, 0.15) is 0 Å². The maximum atomic E-state index is 9.66. The highest BCUT2D eigenvalue weighted by atomic mass is 35.5. The molecule has 42 valence electrons. The zero-order valence-electron chi connectivity index (χ0n) is 3.56. The maximum Gasteiger partial charge on any atom is 0.764 e. The summed E-state index contributed by atoms with van der Waals surface area (Å²) in [5.74, 6) is 0.261. The first-order valence-corrected chi connectivity index (χ1v) is 3.49. The first kappa shape index (κ1) is 6.91. The van der Waals surface area contributed by atoms with E-state index in [1.165, 1.54) is 0 Å². The van der Waals surface area contributed by atoms with E-state index in [0.717, 1.165) is 0 Å². The second-order valence-electron chi connectivity index (χ2n) is 0.803. The molecule has 7 heavy (non-hydrogen) atoms. The Balaban J connectivity index is 2.82. The van der Waals surface area contributed by atoms with E-state index in [1.54, 1.807) is 0 Å². The van der Waals surface area contributed by atoms with Crippen LogP contribution in [0.25, 0.3) is 0 Å². The van der Waals surface area contributed by atoms with Crippen LogP contribution in [0.3, 0.4) is 0 Å². The normalized spacial score (nSPS) is 8.14. The molecule has 0 saturated heterocycles. The second kappa shape index (κ2) is 4.08. The van der Waals surface area contributed by atoms with Crippen molar-refractivity contribution in [2.24, 2.45) is 0 Å². The zero-order chi connectivity index (χ0) is 5.70. The fourth-order valence-corrected chi connectivity index (χ4v) is 0.609. The summed E-state index contributed by atoms with van der Waals surface area (Å²) in [5.41, 5.74) is 0. The van der Waals surface area contributed by atoms with Gasteiger partial charge >= 0.3 is 9.17 Å². The van der Waals surface area contributed by atoms with Crippen molar-refractivity contribution >= 4 is 20.8 Å². The van der Waals surface area contributed by atoms with Crippen LogP contribution in [0.2, 0.25) is 0 Å². The molecule has 1 N–H and O–H groups in total. The summed E-state index contributed by atoms with van der Waals surface area (Å²) in [6.45, 7) is 0.149. The number of halogens is 1. The van der Waals surface area contributed by atoms with Gasteiger partial charge in [0.2, 0.25) is 0 Å². The molecule has 0 aromatic rings. The van der Waals surface area contributed by atoms with E-state index < -0.39 is 9.17 Å². The van der Waals surface area contributed by atoms with Gasteiger partial charge in [-0.2, -0.15) is 0 Å². The Kier molecular flexibility index (Phi) is 4.02. The van der Waals surface area contributed by atoms with Crippen LogP contribution < -0.4 is 0 Å². The highest BCUT2D eigenvalue weighted by molar-refractivity contribution is 6.24. The Hall–Kier alpha value is -0.0931. The molecule has 5 heteroatoms. The molecular weight excluding hydrogens is 136 g/mol. The van der Waals surface area contributed by atoms with Gasteiger partial charge in [0, 0.05) is 0 Å². The predicted molar refractivity (Wildman–Crippen MR) is 25.3 cm³/mol. The Morgan fingerprint density at radius 1 is 1.86 bits per heavy atom. The Labute approximate surface area is 47.8 Å². The molecule has 0 unspecified atom stereocenters. The van der Waals surface area contributed by atoms with Crippen molar-refractivity contribution in [3.63, 3.8) is 0 Å². The van der Waals surface area contributed by atoms with Gasteiger partial charge in [-0.3, -0.25) is 4.46 Å².